The van der Waals surface area contributed by atoms with Crippen molar-refractivity contribution < 1.29 is 9.59 Å². The lowest BCUT2D eigenvalue weighted by Crippen LogP contribution is -2.58. The molecule has 94 valence electrons. The quantitative estimate of drug-likeness (QED) is 0.576. The first kappa shape index (κ1) is 11.0. The van der Waals surface area contributed by atoms with Crippen molar-refractivity contribution in [2.75, 3.05) is 21.1 Å². The SMILES string of the molecule is CN1C(=O)N(C)C2(CC3CCC(C2)N3C)C1=O. The van der Waals surface area contributed by atoms with Crippen molar-refractivity contribution in [2.45, 2.75) is 43.3 Å². The van der Waals surface area contributed by atoms with E-state index in [1.54, 1.807) is 19.0 Å². The van der Waals surface area contributed by atoms with Gasteiger partial charge in [-0.15, -0.1) is 0 Å². The van der Waals surface area contributed by atoms with Gasteiger partial charge in [-0.25, -0.2) is 4.79 Å². The van der Waals surface area contributed by atoms with E-state index in [2.05, 4.69) is 11.9 Å². The van der Waals surface area contributed by atoms with Crippen LogP contribution in [0.4, 0.5) is 4.79 Å². The Kier molecular flexibility index (Phi) is 2.09. The molecule has 0 aromatic rings. The highest BCUT2D eigenvalue weighted by Gasteiger charge is 2.60. The molecule has 3 amide bonds. The summed E-state index contributed by atoms with van der Waals surface area (Å²) < 4.78 is 0. The molecule has 0 aromatic heterocycles. The minimum absolute atomic E-state index is 0.00463. The van der Waals surface area contributed by atoms with E-state index in [0.717, 1.165) is 25.7 Å². The van der Waals surface area contributed by atoms with Crippen molar-refractivity contribution in [1.82, 2.24) is 14.7 Å². The van der Waals surface area contributed by atoms with Crippen LogP contribution in [0.1, 0.15) is 25.7 Å². The molecule has 2 bridgehead atoms. The number of rotatable bonds is 0. The smallest absolute Gasteiger partial charge is 0.312 e. The highest BCUT2D eigenvalue weighted by Crippen LogP contribution is 2.45. The Balaban J connectivity index is 1.98. The summed E-state index contributed by atoms with van der Waals surface area (Å²) in [5, 5.41) is 0. The molecule has 17 heavy (non-hydrogen) atoms. The number of nitrogens with zero attached hydrogens (tertiary/aromatic N) is 3. The zero-order valence-corrected chi connectivity index (χ0v) is 10.6. The van der Waals surface area contributed by atoms with E-state index < -0.39 is 5.54 Å². The van der Waals surface area contributed by atoms with E-state index in [1.807, 2.05) is 0 Å². The third-order valence-electron chi connectivity index (χ3n) is 5.05. The normalized spacial score (nSPS) is 42.1. The number of carbonyl (C=O) groups excluding carboxylic acids is 2. The molecule has 0 aliphatic carbocycles. The lowest BCUT2D eigenvalue weighted by molar-refractivity contribution is -0.135. The lowest BCUT2D eigenvalue weighted by Gasteiger charge is -2.44. The van der Waals surface area contributed by atoms with Gasteiger partial charge in [0.25, 0.3) is 5.91 Å². The van der Waals surface area contributed by atoms with Crippen LogP contribution in [-0.2, 0) is 4.79 Å². The van der Waals surface area contributed by atoms with E-state index in [1.165, 1.54) is 4.90 Å². The molecule has 3 saturated heterocycles. The maximum Gasteiger partial charge on any atom is 0.327 e. The molecule has 1 spiro atoms. The van der Waals surface area contributed by atoms with Crippen LogP contribution >= 0.6 is 0 Å². The Morgan fingerprint density at radius 1 is 1.06 bits per heavy atom. The first-order chi connectivity index (χ1) is 7.97. The standard InChI is InChI=1S/C12H19N3O2/c1-13-8-4-5-9(13)7-12(6-8)10(16)14(2)11(17)15(12)3/h8-9H,4-7H2,1-3H3. The van der Waals surface area contributed by atoms with Crippen molar-refractivity contribution in [3.05, 3.63) is 0 Å². The van der Waals surface area contributed by atoms with Crippen molar-refractivity contribution in [2.24, 2.45) is 0 Å². The third kappa shape index (κ3) is 1.18. The van der Waals surface area contributed by atoms with Gasteiger partial charge in [-0.05, 0) is 32.7 Å². The lowest BCUT2D eigenvalue weighted by atomic mass is 9.82. The Bertz CT molecular complexity index is 381. The van der Waals surface area contributed by atoms with Gasteiger partial charge in [0, 0.05) is 26.2 Å². The van der Waals surface area contributed by atoms with Gasteiger partial charge in [0.05, 0.1) is 0 Å². The van der Waals surface area contributed by atoms with E-state index in [-0.39, 0.29) is 11.9 Å². The van der Waals surface area contributed by atoms with Crippen LogP contribution in [0.15, 0.2) is 0 Å². The Hall–Kier alpha value is -1.10. The second-order valence-corrected chi connectivity index (χ2v) is 5.70. The van der Waals surface area contributed by atoms with E-state index in [9.17, 15) is 9.59 Å². The molecule has 3 aliphatic rings. The summed E-state index contributed by atoms with van der Waals surface area (Å²) in [6, 6.07) is 0.762. The fraction of sp³-hybridized carbons (Fsp3) is 0.833. The van der Waals surface area contributed by atoms with Gasteiger partial charge in [-0.3, -0.25) is 9.69 Å². The van der Waals surface area contributed by atoms with Crippen LogP contribution in [0.3, 0.4) is 0 Å². The molecule has 0 N–H and O–H groups in total. The number of hydrogen-bond acceptors (Lipinski definition) is 3. The first-order valence-corrected chi connectivity index (χ1v) is 6.25. The summed E-state index contributed by atoms with van der Waals surface area (Å²) >= 11 is 0. The number of imide groups is 1. The summed E-state index contributed by atoms with van der Waals surface area (Å²) in [6.45, 7) is 0. The Morgan fingerprint density at radius 2 is 1.59 bits per heavy atom. The van der Waals surface area contributed by atoms with Gasteiger partial charge in [0.2, 0.25) is 0 Å². The van der Waals surface area contributed by atoms with Crippen LogP contribution < -0.4 is 0 Å². The summed E-state index contributed by atoms with van der Waals surface area (Å²) in [4.78, 5) is 29.6. The minimum Gasteiger partial charge on any atom is -0.312 e. The summed E-state index contributed by atoms with van der Waals surface area (Å²) in [6.07, 6.45) is 3.90. The molecular formula is C12H19N3O2. The number of piperidine rings is 1. The van der Waals surface area contributed by atoms with Crippen molar-refractivity contribution in [1.29, 1.82) is 0 Å². The zero-order chi connectivity index (χ0) is 12.4. The maximum atomic E-state index is 12.4. The summed E-state index contributed by atoms with van der Waals surface area (Å²) in [7, 11) is 5.50. The van der Waals surface area contributed by atoms with Gasteiger partial charge in [0.15, 0.2) is 0 Å². The molecule has 5 nitrogen and oxygen atoms in total. The van der Waals surface area contributed by atoms with Crippen LogP contribution in [0, 0.1) is 0 Å². The number of likely N-dealkylation sites (N-methyl/N-ethyl adjacent to an activating group) is 2. The van der Waals surface area contributed by atoms with Crippen molar-refractivity contribution in [3.63, 3.8) is 0 Å². The van der Waals surface area contributed by atoms with E-state index >= 15 is 0 Å². The van der Waals surface area contributed by atoms with Gasteiger partial charge < -0.3 is 9.80 Å². The Morgan fingerprint density at radius 3 is 2.00 bits per heavy atom. The molecule has 3 aliphatic heterocycles. The minimum atomic E-state index is -0.551. The first-order valence-electron chi connectivity index (χ1n) is 6.25. The maximum absolute atomic E-state index is 12.4. The van der Waals surface area contributed by atoms with Gasteiger partial charge in [0.1, 0.15) is 5.54 Å². The molecule has 5 heteroatoms. The highest BCUT2D eigenvalue weighted by molar-refractivity contribution is 6.06. The van der Waals surface area contributed by atoms with Crippen LogP contribution in [-0.4, -0.2) is 65.4 Å². The summed E-state index contributed by atoms with van der Waals surface area (Å²) in [5.41, 5.74) is -0.551. The molecule has 0 saturated carbocycles. The van der Waals surface area contributed by atoms with Crippen LogP contribution in [0.2, 0.25) is 0 Å². The number of amides is 3. The predicted octanol–water partition coefficient (Wildman–Crippen LogP) is 0.506. The highest BCUT2D eigenvalue weighted by atomic mass is 16.2. The topological polar surface area (TPSA) is 43.9 Å². The monoisotopic (exact) mass is 237 g/mol. The summed E-state index contributed by atoms with van der Waals surface area (Å²) in [5.74, 6) is -0.00463. The molecule has 3 heterocycles. The van der Waals surface area contributed by atoms with Crippen molar-refractivity contribution >= 4 is 11.9 Å². The van der Waals surface area contributed by atoms with Gasteiger partial charge in [-0.2, -0.15) is 0 Å². The Labute approximate surface area is 101 Å². The van der Waals surface area contributed by atoms with Crippen LogP contribution in [0.5, 0.6) is 0 Å². The zero-order valence-electron chi connectivity index (χ0n) is 10.6. The third-order valence-corrected chi connectivity index (χ3v) is 5.05. The number of hydrogen-bond donors (Lipinski definition) is 0. The molecule has 3 rings (SSSR count). The fourth-order valence-electron chi connectivity index (χ4n) is 3.84. The average molecular weight is 237 g/mol. The molecule has 0 aromatic carbocycles. The fourth-order valence-corrected chi connectivity index (χ4v) is 3.84. The van der Waals surface area contributed by atoms with E-state index in [0.29, 0.717) is 12.1 Å². The second-order valence-electron chi connectivity index (χ2n) is 5.70. The number of urea groups is 1. The number of carbonyl (C=O) groups is 2. The molecule has 0 radical (unpaired) electrons. The van der Waals surface area contributed by atoms with Crippen molar-refractivity contribution in [3.8, 4) is 0 Å². The average Bonchev–Trinajstić information content (AvgIpc) is 2.63. The van der Waals surface area contributed by atoms with Crippen LogP contribution in [0.25, 0.3) is 0 Å². The largest absolute Gasteiger partial charge is 0.327 e. The predicted molar refractivity (Wildman–Crippen MR) is 62.5 cm³/mol. The number of fused-ring (bicyclic) bond motifs is 2. The molecular weight excluding hydrogens is 218 g/mol. The molecule has 2 unspecified atom stereocenters. The van der Waals surface area contributed by atoms with Gasteiger partial charge in [-0.1, -0.05) is 0 Å². The van der Waals surface area contributed by atoms with Gasteiger partial charge >= 0.3 is 6.03 Å². The second kappa shape index (κ2) is 3.22. The molecule has 2 atom stereocenters. The molecule has 3 fully saturated rings. The van der Waals surface area contributed by atoms with E-state index in [4.69, 9.17) is 0 Å².